The highest BCUT2D eigenvalue weighted by molar-refractivity contribution is 6.33. The fourth-order valence-electron chi connectivity index (χ4n) is 1.56. The molecule has 6 heteroatoms. The van der Waals surface area contributed by atoms with Crippen molar-refractivity contribution in [3.05, 3.63) is 38.9 Å². The third-order valence-electron chi connectivity index (χ3n) is 2.73. The van der Waals surface area contributed by atoms with Crippen LogP contribution in [0.15, 0.2) is 18.2 Å². The van der Waals surface area contributed by atoms with Crippen molar-refractivity contribution in [2.24, 2.45) is 0 Å². The minimum Gasteiger partial charge on any atom is -0.349 e. The zero-order chi connectivity index (χ0) is 13.7. The minimum atomic E-state index is -0.578. The highest BCUT2D eigenvalue weighted by Gasteiger charge is 2.16. The van der Waals surface area contributed by atoms with Gasteiger partial charge in [-0.05, 0) is 25.0 Å². The van der Waals surface area contributed by atoms with Crippen LogP contribution in [0.2, 0.25) is 5.02 Å². The van der Waals surface area contributed by atoms with Crippen LogP contribution in [0.3, 0.4) is 0 Å². The van der Waals surface area contributed by atoms with E-state index < -0.39 is 4.92 Å². The van der Waals surface area contributed by atoms with E-state index in [9.17, 15) is 14.9 Å². The van der Waals surface area contributed by atoms with Gasteiger partial charge >= 0.3 is 0 Å². The van der Waals surface area contributed by atoms with Crippen LogP contribution < -0.4 is 5.32 Å². The van der Waals surface area contributed by atoms with Crippen molar-refractivity contribution >= 4 is 23.2 Å². The molecule has 98 valence electrons. The number of halogens is 1. The third-order valence-corrected chi connectivity index (χ3v) is 3.03. The van der Waals surface area contributed by atoms with Crippen LogP contribution in [0, 0.1) is 10.1 Å². The predicted octanol–water partition coefficient (Wildman–Crippen LogP) is 3.17. The van der Waals surface area contributed by atoms with Crippen molar-refractivity contribution in [3.8, 4) is 0 Å². The van der Waals surface area contributed by atoms with Gasteiger partial charge in [-0.25, -0.2) is 0 Å². The molecular formula is C12H15ClN2O3. The SMILES string of the molecule is CCC(CC)NC(=O)c1ccc([N+](=O)[O-])c(Cl)c1. The average molecular weight is 271 g/mol. The Kier molecular flexibility index (Phi) is 5.09. The smallest absolute Gasteiger partial charge is 0.287 e. The molecule has 0 aromatic heterocycles. The summed E-state index contributed by atoms with van der Waals surface area (Å²) in [5.41, 5.74) is 0.133. The lowest BCUT2D eigenvalue weighted by Gasteiger charge is -2.14. The number of nitro groups is 1. The van der Waals surface area contributed by atoms with Crippen LogP contribution in [0.5, 0.6) is 0 Å². The van der Waals surface area contributed by atoms with E-state index in [0.29, 0.717) is 5.56 Å². The van der Waals surface area contributed by atoms with E-state index in [2.05, 4.69) is 5.32 Å². The van der Waals surface area contributed by atoms with Crippen LogP contribution in [-0.2, 0) is 0 Å². The van der Waals surface area contributed by atoms with Crippen LogP contribution in [0.25, 0.3) is 0 Å². The lowest BCUT2D eigenvalue weighted by Crippen LogP contribution is -2.33. The number of hydrogen-bond acceptors (Lipinski definition) is 3. The fourth-order valence-corrected chi connectivity index (χ4v) is 1.81. The Morgan fingerprint density at radius 2 is 2.06 bits per heavy atom. The molecule has 0 fully saturated rings. The summed E-state index contributed by atoms with van der Waals surface area (Å²) < 4.78 is 0. The second-order valence-corrected chi connectivity index (χ2v) is 4.32. The van der Waals surface area contributed by atoms with Crippen molar-refractivity contribution in [1.82, 2.24) is 5.32 Å². The third kappa shape index (κ3) is 3.43. The van der Waals surface area contributed by atoms with Crippen LogP contribution >= 0.6 is 11.6 Å². The summed E-state index contributed by atoms with van der Waals surface area (Å²) in [6.07, 6.45) is 1.67. The highest BCUT2D eigenvalue weighted by Crippen LogP contribution is 2.24. The van der Waals surface area contributed by atoms with Gasteiger partial charge in [-0.15, -0.1) is 0 Å². The van der Waals surface area contributed by atoms with Gasteiger partial charge in [-0.1, -0.05) is 25.4 Å². The van der Waals surface area contributed by atoms with Gasteiger partial charge in [0.2, 0.25) is 0 Å². The molecule has 1 N–H and O–H groups in total. The molecular weight excluding hydrogens is 256 g/mol. The maximum atomic E-state index is 11.9. The number of nitro benzene ring substituents is 1. The second kappa shape index (κ2) is 6.35. The Hall–Kier alpha value is -1.62. The molecule has 18 heavy (non-hydrogen) atoms. The number of nitrogens with one attached hydrogen (secondary N) is 1. The summed E-state index contributed by atoms with van der Waals surface area (Å²) in [6.45, 7) is 3.97. The van der Waals surface area contributed by atoms with Crippen LogP contribution in [0.1, 0.15) is 37.0 Å². The Labute approximate surface area is 110 Å². The van der Waals surface area contributed by atoms with Gasteiger partial charge in [0.25, 0.3) is 11.6 Å². The van der Waals surface area contributed by atoms with E-state index >= 15 is 0 Å². The van der Waals surface area contributed by atoms with Crippen molar-refractivity contribution in [2.45, 2.75) is 32.7 Å². The van der Waals surface area contributed by atoms with E-state index in [-0.39, 0.29) is 22.7 Å². The van der Waals surface area contributed by atoms with Gasteiger partial charge in [0.05, 0.1) is 4.92 Å². The molecule has 0 aliphatic rings. The molecule has 0 saturated carbocycles. The summed E-state index contributed by atoms with van der Waals surface area (Å²) in [7, 11) is 0. The van der Waals surface area contributed by atoms with Crippen molar-refractivity contribution in [3.63, 3.8) is 0 Å². The van der Waals surface area contributed by atoms with Crippen LogP contribution in [-0.4, -0.2) is 16.9 Å². The molecule has 0 unspecified atom stereocenters. The maximum Gasteiger partial charge on any atom is 0.287 e. The van der Waals surface area contributed by atoms with E-state index in [1.807, 2.05) is 13.8 Å². The Morgan fingerprint density at radius 1 is 1.44 bits per heavy atom. The van der Waals surface area contributed by atoms with Gasteiger partial charge < -0.3 is 5.32 Å². The van der Waals surface area contributed by atoms with E-state index in [1.54, 1.807) is 0 Å². The Balaban J connectivity index is 2.88. The minimum absolute atomic E-state index is 0.0304. The van der Waals surface area contributed by atoms with E-state index in [0.717, 1.165) is 12.8 Å². The molecule has 1 aromatic rings. The Morgan fingerprint density at radius 3 is 2.50 bits per heavy atom. The molecule has 0 atom stereocenters. The molecule has 1 rings (SSSR count). The number of hydrogen-bond donors (Lipinski definition) is 1. The van der Waals surface area contributed by atoms with Crippen molar-refractivity contribution in [2.75, 3.05) is 0 Å². The topological polar surface area (TPSA) is 72.2 Å². The first-order chi connectivity index (χ1) is 8.49. The lowest BCUT2D eigenvalue weighted by molar-refractivity contribution is -0.384. The quantitative estimate of drug-likeness (QED) is 0.660. The molecule has 5 nitrogen and oxygen atoms in total. The first-order valence-electron chi connectivity index (χ1n) is 5.74. The zero-order valence-corrected chi connectivity index (χ0v) is 11.0. The summed E-state index contributed by atoms with van der Waals surface area (Å²) >= 11 is 5.75. The zero-order valence-electron chi connectivity index (χ0n) is 10.3. The molecule has 1 aromatic carbocycles. The van der Waals surface area contributed by atoms with Gasteiger partial charge in [0.1, 0.15) is 5.02 Å². The lowest BCUT2D eigenvalue weighted by atomic mass is 10.1. The monoisotopic (exact) mass is 270 g/mol. The molecule has 0 bridgehead atoms. The van der Waals surface area contributed by atoms with E-state index in [4.69, 9.17) is 11.6 Å². The normalized spacial score (nSPS) is 10.4. The van der Waals surface area contributed by atoms with Crippen molar-refractivity contribution < 1.29 is 9.72 Å². The van der Waals surface area contributed by atoms with Crippen molar-refractivity contribution in [1.29, 1.82) is 0 Å². The Bertz CT molecular complexity index is 459. The molecule has 0 saturated heterocycles. The summed E-state index contributed by atoms with van der Waals surface area (Å²) in [4.78, 5) is 21.9. The first kappa shape index (κ1) is 14.4. The fraction of sp³-hybridized carbons (Fsp3) is 0.417. The summed E-state index contributed by atoms with van der Waals surface area (Å²) in [5, 5.41) is 13.4. The number of nitrogens with zero attached hydrogens (tertiary/aromatic N) is 1. The number of carbonyl (C=O) groups excluding carboxylic acids is 1. The van der Waals surface area contributed by atoms with Gasteiger partial charge in [0, 0.05) is 17.7 Å². The predicted molar refractivity (Wildman–Crippen MR) is 69.9 cm³/mol. The molecule has 1 amide bonds. The van der Waals surface area contributed by atoms with Gasteiger partial charge in [-0.2, -0.15) is 0 Å². The second-order valence-electron chi connectivity index (χ2n) is 3.91. The summed E-state index contributed by atoms with van der Waals surface area (Å²) in [6, 6.07) is 4.06. The van der Waals surface area contributed by atoms with Crippen LogP contribution in [0.4, 0.5) is 5.69 Å². The standard InChI is InChI=1S/C12H15ClN2O3/c1-3-9(4-2)14-12(16)8-5-6-11(15(17)18)10(13)7-8/h5-7,9H,3-4H2,1-2H3,(H,14,16). The maximum absolute atomic E-state index is 11.9. The number of amides is 1. The van der Waals surface area contributed by atoms with Gasteiger partial charge in [0.15, 0.2) is 0 Å². The highest BCUT2D eigenvalue weighted by atomic mass is 35.5. The largest absolute Gasteiger partial charge is 0.349 e. The molecule has 0 heterocycles. The number of carbonyl (C=O) groups is 1. The molecule has 0 aliphatic heterocycles. The average Bonchev–Trinajstić information content (AvgIpc) is 2.34. The number of benzene rings is 1. The van der Waals surface area contributed by atoms with E-state index in [1.165, 1.54) is 18.2 Å². The molecule has 0 radical (unpaired) electrons. The summed E-state index contributed by atoms with van der Waals surface area (Å²) in [5.74, 6) is -0.263. The first-order valence-corrected chi connectivity index (χ1v) is 6.12. The van der Waals surface area contributed by atoms with Gasteiger partial charge in [-0.3, -0.25) is 14.9 Å². The number of rotatable bonds is 5. The molecule has 0 aliphatic carbocycles. The molecule has 0 spiro atoms.